The summed E-state index contributed by atoms with van der Waals surface area (Å²) in [7, 11) is -3.85. The third-order valence-electron chi connectivity index (χ3n) is 2.80. The Morgan fingerprint density at radius 2 is 1.90 bits per heavy atom. The van der Waals surface area contributed by atoms with Crippen molar-refractivity contribution in [1.82, 2.24) is 0 Å². The van der Waals surface area contributed by atoms with Gasteiger partial charge in [-0.3, -0.25) is 4.72 Å². The van der Waals surface area contributed by atoms with Crippen molar-refractivity contribution in [2.24, 2.45) is 0 Å². The predicted molar refractivity (Wildman–Crippen MR) is 83.1 cm³/mol. The number of carbonyl (C=O) groups is 1. The van der Waals surface area contributed by atoms with Gasteiger partial charge < -0.3 is 5.11 Å². The topological polar surface area (TPSA) is 83.5 Å². The lowest BCUT2D eigenvalue weighted by Gasteiger charge is -2.11. The van der Waals surface area contributed by atoms with Crippen molar-refractivity contribution >= 4 is 37.6 Å². The second kappa shape index (κ2) is 5.87. The van der Waals surface area contributed by atoms with E-state index in [-0.39, 0.29) is 10.5 Å². The van der Waals surface area contributed by atoms with Crippen LogP contribution < -0.4 is 4.72 Å². The molecule has 0 aliphatic carbocycles. The maximum Gasteiger partial charge on any atom is 0.335 e. The molecule has 0 saturated heterocycles. The van der Waals surface area contributed by atoms with Crippen LogP contribution in [0.1, 0.15) is 15.9 Å². The van der Waals surface area contributed by atoms with Crippen LogP contribution in [0.4, 0.5) is 5.69 Å². The van der Waals surface area contributed by atoms with Crippen LogP contribution >= 0.6 is 15.9 Å². The van der Waals surface area contributed by atoms with Crippen molar-refractivity contribution in [3.8, 4) is 0 Å². The fourth-order valence-corrected chi connectivity index (χ4v) is 3.51. The summed E-state index contributed by atoms with van der Waals surface area (Å²) in [6.07, 6.45) is 0. The van der Waals surface area contributed by atoms with Crippen LogP contribution in [0, 0.1) is 6.92 Å². The van der Waals surface area contributed by atoms with Gasteiger partial charge in [-0.1, -0.05) is 28.1 Å². The first-order valence-electron chi connectivity index (χ1n) is 5.92. The number of carboxylic acid groups (broad SMARTS) is 1. The highest BCUT2D eigenvalue weighted by Crippen LogP contribution is 2.22. The molecule has 0 amide bonds. The first-order valence-corrected chi connectivity index (χ1v) is 8.19. The molecule has 0 spiro atoms. The minimum absolute atomic E-state index is 0.0534. The Morgan fingerprint density at radius 1 is 1.19 bits per heavy atom. The number of hydrogen-bond donors (Lipinski definition) is 2. The van der Waals surface area contributed by atoms with Crippen molar-refractivity contribution in [2.45, 2.75) is 11.8 Å². The second-order valence-corrected chi connectivity index (χ2v) is 6.97. The summed E-state index contributed by atoms with van der Waals surface area (Å²) in [5, 5.41) is 8.97. The van der Waals surface area contributed by atoms with Gasteiger partial charge in [0.25, 0.3) is 10.0 Å². The summed E-state index contributed by atoms with van der Waals surface area (Å²) in [5.74, 6) is -1.17. The van der Waals surface area contributed by atoms with E-state index in [1.807, 2.05) is 0 Å². The van der Waals surface area contributed by atoms with E-state index in [2.05, 4.69) is 20.7 Å². The Labute approximate surface area is 130 Å². The number of hydrogen-bond acceptors (Lipinski definition) is 3. The van der Waals surface area contributed by atoms with Gasteiger partial charge in [-0.25, -0.2) is 13.2 Å². The van der Waals surface area contributed by atoms with Crippen LogP contribution in [0.25, 0.3) is 0 Å². The molecule has 2 rings (SSSR count). The lowest BCUT2D eigenvalue weighted by atomic mass is 10.1. The Bertz CT molecular complexity index is 802. The molecule has 21 heavy (non-hydrogen) atoms. The Balaban J connectivity index is 2.44. The zero-order valence-corrected chi connectivity index (χ0v) is 13.4. The number of aromatic carboxylic acids is 1. The summed E-state index contributed by atoms with van der Waals surface area (Å²) >= 11 is 3.26. The van der Waals surface area contributed by atoms with Crippen molar-refractivity contribution < 1.29 is 18.3 Å². The number of rotatable bonds is 4. The third-order valence-corrected chi connectivity index (χ3v) is 4.82. The summed E-state index contributed by atoms with van der Waals surface area (Å²) in [5.41, 5.74) is 0.794. The van der Waals surface area contributed by atoms with E-state index in [1.165, 1.54) is 12.1 Å². The molecule has 7 heteroatoms. The molecule has 0 atom stereocenters. The van der Waals surface area contributed by atoms with E-state index in [1.54, 1.807) is 31.2 Å². The lowest BCUT2D eigenvalue weighted by Crippen LogP contribution is -2.15. The van der Waals surface area contributed by atoms with Crippen LogP contribution in [-0.2, 0) is 10.0 Å². The fraction of sp³-hybridized carbons (Fsp3) is 0.0714. The normalized spacial score (nSPS) is 11.1. The van der Waals surface area contributed by atoms with Crippen LogP contribution in [0.3, 0.4) is 0 Å². The molecule has 5 nitrogen and oxygen atoms in total. The molecular weight excluding hydrogens is 358 g/mol. The van der Waals surface area contributed by atoms with Crippen LogP contribution in [0.2, 0.25) is 0 Å². The third kappa shape index (κ3) is 3.62. The number of carboxylic acids is 1. The molecule has 0 fully saturated rings. The number of anilines is 1. The number of sulfonamides is 1. The number of halogens is 1. The summed E-state index contributed by atoms with van der Waals surface area (Å²) in [6, 6.07) is 10.7. The number of nitrogens with one attached hydrogen (secondary N) is 1. The molecule has 110 valence electrons. The SMILES string of the molecule is Cc1ccc(C(=O)O)cc1S(=O)(=O)Nc1cccc(Br)c1. The maximum absolute atomic E-state index is 12.4. The van der Waals surface area contributed by atoms with Crippen LogP contribution in [0.15, 0.2) is 51.8 Å². The Hall–Kier alpha value is -1.86. The first kappa shape index (κ1) is 15.5. The zero-order valence-electron chi connectivity index (χ0n) is 11.0. The average molecular weight is 370 g/mol. The van der Waals surface area contributed by atoms with Crippen molar-refractivity contribution in [3.05, 3.63) is 58.1 Å². The van der Waals surface area contributed by atoms with Gasteiger partial charge in [-0.05, 0) is 42.8 Å². The first-order chi connectivity index (χ1) is 9.79. The molecule has 0 radical (unpaired) electrons. The smallest absolute Gasteiger partial charge is 0.335 e. The largest absolute Gasteiger partial charge is 0.478 e. The van der Waals surface area contributed by atoms with E-state index in [0.29, 0.717) is 11.3 Å². The van der Waals surface area contributed by atoms with Gasteiger partial charge in [-0.15, -0.1) is 0 Å². The fourth-order valence-electron chi connectivity index (χ4n) is 1.78. The van der Waals surface area contributed by atoms with Gasteiger partial charge in [0.05, 0.1) is 10.5 Å². The highest BCUT2D eigenvalue weighted by atomic mass is 79.9. The van der Waals surface area contributed by atoms with Gasteiger partial charge in [0.2, 0.25) is 0 Å². The molecule has 2 aromatic rings. The number of aryl methyl sites for hydroxylation is 1. The van der Waals surface area contributed by atoms with E-state index in [4.69, 9.17) is 5.11 Å². The summed E-state index contributed by atoms with van der Waals surface area (Å²) in [6.45, 7) is 1.61. The maximum atomic E-state index is 12.4. The van der Waals surface area contributed by atoms with E-state index >= 15 is 0 Å². The van der Waals surface area contributed by atoms with Gasteiger partial charge >= 0.3 is 5.97 Å². The predicted octanol–water partition coefficient (Wildman–Crippen LogP) is 3.26. The molecule has 2 aromatic carbocycles. The van der Waals surface area contributed by atoms with E-state index in [9.17, 15) is 13.2 Å². The lowest BCUT2D eigenvalue weighted by molar-refractivity contribution is 0.0696. The van der Waals surface area contributed by atoms with Crippen LogP contribution in [0.5, 0.6) is 0 Å². The second-order valence-electron chi connectivity index (χ2n) is 4.40. The van der Waals surface area contributed by atoms with Gasteiger partial charge in [0.1, 0.15) is 0 Å². The minimum Gasteiger partial charge on any atom is -0.478 e. The molecule has 0 saturated carbocycles. The average Bonchev–Trinajstić information content (AvgIpc) is 2.38. The highest BCUT2D eigenvalue weighted by Gasteiger charge is 2.19. The summed E-state index contributed by atoms with van der Waals surface area (Å²) < 4.78 is 27.9. The quantitative estimate of drug-likeness (QED) is 0.866. The molecule has 0 aliphatic heterocycles. The van der Waals surface area contributed by atoms with Gasteiger partial charge in [0.15, 0.2) is 0 Å². The monoisotopic (exact) mass is 369 g/mol. The molecule has 0 aromatic heterocycles. The van der Waals surface area contributed by atoms with Gasteiger partial charge in [-0.2, -0.15) is 0 Å². The molecule has 0 unspecified atom stereocenters. The standard InChI is InChI=1S/C14H12BrNO4S/c1-9-5-6-10(14(17)18)7-13(9)21(19,20)16-12-4-2-3-11(15)8-12/h2-8,16H,1H3,(H,17,18). The van der Waals surface area contributed by atoms with E-state index in [0.717, 1.165) is 10.5 Å². The molecule has 2 N–H and O–H groups in total. The van der Waals surface area contributed by atoms with Crippen molar-refractivity contribution in [2.75, 3.05) is 4.72 Å². The number of benzene rings is 2. The van der Waals surface area contributed by atoms with E-state index < -0.39 is 16.0 Å². The minimum atomic E-state index is -3.85. The van der Waals surface area contributed by atoms with Crippen molar-refractivity contribution in [1.29, 1.82) is 0 Å². The van der Waals surface area contributed by atoms with Gasteiger partial charge in [0, 0.05) is 10.2 Å². The molecular formula is C14H12BrNO4S. The molecule has 0 bridgehead atoms. The zero-order chi connectivity index (χ0) is 15.6. The van der Waals surface area contributed by atoms with Crippen molar-refractivity contribution in [3.63, 3.8) is 0 Å². The Kier molecular flexibility index (Phi) is 4.34. The van der Waals surface area contributed by atoms with Crippen LogP contribution in [-0.4, -0.2) is 19.5 Å². The summed E-state index contributed by atoms with van der Waals surface area (Å²) in [4.78, 5) is 10.9. The molecule has 0 heterocycles. The Morgan fingerprint density at radius 3 is 2.52 bits per heavy atom. The highest BCUT2D eigenvalue weighted by molar-refractivity contribution is 9.10. The molecule has 0 aliphatic rings.